The van der Waals surface area contributed by atoms with Crippen LogP contribution in [0.25, 0.3) is 33.3 Å². The summed E-state index contributed by atoms with van der Waals surface area (Å²) >= 11 is 0. The van der Waals surface area contributed by atoms with Crippen LogP contribution in [0.5, 0.6) is 0 Å². The van der Waals surface area contributed by atoms with Crippen LogP contribution in [-0.4, -0.2) is 30.5 Å². The third kappa shape index (κ3) is 2.11. The van der Waals surface area contributed by atoms with Crippen LogP contribution in [-0.2, 0) is 0 Å². The van der Waals surface area contributed by atoms with Crippen molar-refractivity contribution in [3.63, 3.8) is 0 Å². The van der Waals surface area contributed by atoms with Crippen molar-refractivity contribution < 1.29 is 0 Å². The van der Waals surface area contributed by atoms with Gasteiger partial charge in [-0.1, -0.05) is 0 Å². The van der Waals surface area contributed by atoms with Gasteiger partial charge in [0.2, 0.25) is 0 Å². The molecular formula is C18H16N6. The zero-order valence-electron chi connectivity index (χ0n) is 13.2. The fourth-order valence-electron chi connectivity index (χ4n) is 2.95. The predicted octanol–water partition coefficient (Wildman–Crippen LogP) is 3.53. The average Bonchev–Trinajstić information content (AvgIpc) is 3.13. The van der Waals surface area contributed by atoms with Gasteiger partial charge in [0.05, 0.1) is 11.7 Å². The van der Waals surface area contributed by atoms with Crippen molar-refractivity contribution in [2.24, 2.45) is 0 Å². The van der Waals surface area contributed by atoms with Crippen molar-refractivity contribution in [1.29, 1.82) is 0 Å². The van der Waals surface area contributed by atoms with Crippen molar-refractivity contribution in [2.75, 3.05) is 5.32 Å². The number of nitrogens with one attached hydrogen (secondary N) is 2. The molecule has 0 radical (unpaired) electrons. The zero-order chi connectivity index (χ0) is 16.1. The van der Waals surface area contributed by atoms with Gasteiger partial charge in [-0.3, -0.25) is 4.98 Å². The number of pyridine rings is 2. The Bertz CT molecular complexity index is 1060. The molecule has 5 rings (SSSR count). The van der Waals surface area contributed by atoms with E-state index in [1.807, 2.05) is 24.4 Å². The number of hydrogen-bond acceptors (Lipinski definition) is 5. The molecule has 1 aliphatic rings. The molecule has 0 atom stereocenters. The number of aromatic amines is 1. The Morgan fingerprint density at radius 3 is 2.88 bits per heavy atom. The van der Waals surface area contributed by atoms with Gasteiger partial charge in [-0.05, 0) is 38.0 Å². The van der Waals surface area contributed by atoms with Crippen LogP contribution in [0.1, 0.15) is 19.8 Å². The Morgan fingerprint density at radius 2 is 2.00 bits per heavy atom. The smallest absolute Gasteiger partial charge is 0.163 e. The van der Waals surface area contributed by atoms with E-state index in [0.29, 0.717) is 5.82 Å². The molecule has 0 unspecified atom stereocenters. The minimum atomic E-state index is 0.142. The second-order valence-electron chi connectivity index (χ2n) is 6.57. The lowest BCUT2D eigenvalue weighted by Gasteiger charge is -2.15. The fourth-order valence-corrected chi connectivity index (χ4v) is 2.95. The molecule has 4 aromatic rings. The number of fused-ring (bicyclic) bond motifs is 2. The second kappa shape index (κ2) is 4.74. The summed E-state index contributed by atoms with van der Waals surface area (Å²) < 4.78 is 0. The summed E-state index contributed by atoms with van der Waals surface area (Å²) in [5, 5.41) is 5.60. The van der Waals surface area contributed by atoms with E-state index in [-0.39, 0.29) is 5.54 Å². The van der Waals surface area contributed by atoms with Crippen molar-refractivity contribution in [1.82, 2.24) is 24.9 Å². The summed E-state index contributed by atoms with van der Waals surface area (Å²) in [5.41, 5.74) is 2.79. The highest BCUT2D eigenvalue weighted by molar-refractivity contribution is 5.95. The second-order valence-corrected chi connectivity index (χ2v) is 6.57. The average molecular weight is 316 g/mol. The van der Waals surface area contributed by atoms with Crippen LogP contribution in [0.15, 0.2) is 43.0 Å². The molecule has 0 amide bonds. The maximum atomic E-state index is 4.83. The van der Waals surface area contributed by atoms with Gasteiger partial charge < -0.3 is 10.3 Å². The topological polar surface area (TPSA) is 79.4 Å². The van der Waals surface area contributed by atoms with E-state index in [4.69, 9.17) is 9.97 Å². The number of anilines is 1. The molecule has 4 aromatic heterocycles. The molecule has 1 fully saturated rings. The molecule has 0 aromatic carbocycles. The quantitative estimate of drug-likeness (QED) is 0.604. The molecular weight excluding hydrogens is 300 g/mol. The molecule has 118 valence electrons. The first-order chi connectivity index (χ1) is 11.7. The number of H-pyrrole nitrogens is 1. The van der Waals surface area contributed by atoms with Gasteiger partial charge in [0, 0.05) is 40.5 Å². The van der Waals surface area contributed by atoms with E-state index < -0.39 is 0 Å². The summed E-state index contributed by atoms with van der Waals surface area (Å²) in [6.45, 7) is 2.22. The molecule has 1 saturated carbocycles. The van der Waals surface area contributed by atoms with Crippen LogP contribution in [0.3, 0.4) is 0 Å². The highest BCUT2D eigenvalue weighted by atomic mass is 15.1. The van der Waals surface area contributed by atoms with Gasteiger partial charge in [-0.2, -0.15) is 0 Å². The Balaban J connectivity index is 1.75. The van der Waals surface area contributed by atoms with Crippen LogP contribution < -0.4 is 5.32 Å². The monoisotopic (exact) mass is 316 g/mol. The van der Waals surface area contributed by atoms with Crippen LogP contribution >= 0.6 is 0 Å². The van der Waals surface area contributed by atoms with E-state index in [1.165, 1.54) is 0 Å². The molecule has 0 saturated heterocycles. The molecule has 0 aliphatic heterocycles. The molecule has 1 aliphatic carbocycles. The number of nitrogens with zero attached hydrogens (tertiary/aromatic N) is 4. The standard InChI is InChI=1S/C18H16N6/c1-18(5-6-18)24-17-13-2-7-19-10-14(13)22-16(23-17)12-4-9-21-15-11(12)3-8-20-15/h2-4,7-10H,5-6H2,1H3,(H,20,21)(H,22,23,24). The van der Waals surface area contributed by atoms with E-state index in [1.54, 1.807) is 18.6 Å². The first kappa shape index (κ1) is 13.4. The molecule has 0 bridgehead atoms. The van der Waals surface area contributed by atoms with E-state index >= 15 is 0 Å². The van der Waals surface area contributed by atoms with Crippen molar-refractivity contribution in [3.8, 4) is 11.4 Å². The molecule has 0 spiro atoms. The highest BCUT2D eigenvalue weighted by Crippen LogP contribution is 2.39. The first-order valence-electron chi connectivity index (χ1n) is 8.04. The first-order valence-corrected chi connectivity index (χ1v) is 8.04. The lowest BCUT2D eigenvalue weighted by atomic mass is 10.1. The SMILES string of the molecule is CC1(Nc2nc(-c3ccnc4[nH]ccc34)nc3cnccc23)CC1. The van der Waals surface area contributed by atoms with Gasteiger partial charge in [-0.25, -0.2) is 15.0 Å². The minimum absolute atomic E-state index is 0.142. The zero-order valence-corrected chi connectivity index (χ0v) is 13.2. The molecule has 6 nitrogen and oxygen atoms in total. The van der Waals surface area contributed by atoms with Crippen molar-refractivity contribution in [3.05, 3.63) is 43.0 Å². The summed E-state index contributed by atoms with van der Waals surface area (Å²) in [6.07, 6.45) is 9.56. The largest absolute Gasteiger partial charge is 0.364 e. The third-order valence-electron chi connectivity index (χ3n) is 4.62. The molecule has 2 N–H and O–H groups in total. The van der Waals surface area contributed by atoms with Gasteiger partial charge in [-0.15, -0.1) is 0 Å². The highest BCUT2D eigenvalue weighted by Gasteiger charge is 2.38. The van der Waals surface area contributed by atoms with Gasteiger partial charge >= 0.3 is 0 Å². The number of rotatable bonds is 3. The van der Waals surface area contributed by atoms with Crippen molar-refractivity contribution >= 4 is 27.8 Å². The summed E-state index contributed by atoms with van der Waals surface area (Å²) in [4.78, 5) is 21.3. The summed E-state index contributed by atoms with van der Waals surface area (Å²) in [7, 11) is 0. The van der Waals surface area contributed by atoms with E-state index in [0.717, 1.165) is 46.2 Å². The summed E-state index contributed by atoms with van der Waals surface area (Å²) in [5.74, 6) is 1.56. The fraction of sp³-hybridized carbons (Fsp3) is 0.222. The number of hydrogen-bond donors (Lipinski definition) is 2. The van der Waals surface area contributed by atoms with Gasteiger partial charge in [0.25, 0.3) is 0 Å². The lowest BCUT2D eigenvalue weighted by molar-refractivity contribution is 0.823. The van der Waals surface area contributed by atoms with Crippen LogP contribution in [0.4, 0.5) is 5.82 Å². The third-order valence-corrected chi connectivity index (χ3v) is 4.62. The van der Waals surface area contributed by atoms with Crippen LogP contribution in [0.2, 0.25) is 0 Å². The Morgan fingerprint density at radius 1 is 1.08 bits per heavy atom. The Kier molecular flexibility index (Phi) is 2.65. The van der Waals surface area contributed by atoms with Crippen molar-refractivity contribution in [2.45, 2.75) is 25.3 Å². The predicted molar refractivity (Wildman–Crippen MR) is 93.7 cm³/mol. The summed E-state index contributed by atoms with van der Waals surface area (Å²) in [6, 6.07) is 5.92. The van der Waals surface area contributed by atoms with Crippen LogP contribution in [0, 0.1) is 0 Å². The molecule has 6 heteroatoms. The maximum Gasteiger partial charge on any atom is 0.163 e. The van der Waals surface area contributed by atoms with Gasteiger partial charge in [0.1, 0.15) is 11.5 Å². The number of aromatic nitrogens is 5. The van der Waals surface area contributed by atoms with E-state index in [2.05, 4.69) is 27.2 Å². The normalized spacial score (nSPS) is 15.7. The van der Waals surface area contributed by atoms with E-state index in [9.17, 15) is 0 Å². The minimum Gasteiger partial charge on any atom is -0.364 e. The van der Waals surface area contributed by atoms with Gasteiger partial charge in [0.15, 0.2) is 5.82 Å². The Hall–Kier alpha value is -3.02. The molecule has 4 heterocycles. The lowest BCUT2D eigenvalue weighted by Crippen LogP contribution is -2.17. The maximum absolute atomic E-state index is 4.83. The molecule has 24 heavy (non-hydrogen) atoms. The Labute approximate surface area is 138 Å².